The number of hydrogen-bond donors (Lipinski definition) is 1. The van der Waals surface area contributed by atoms with Crippen LogP contribution in [0.15, 0.2) is 24.3 Å². The van der Waals surface area contributed by atoms with Crippen LogP contribution in [0.4, 0.5) is 0 Å². The van der Waals surface area contributed by atoms with Gasteiger partial charge in [-0.1, -0.05) is 26.7 Å². The Hall–Kier alpha value is -1.71. The van der Waals surface area contributed by atoms with Gasteiger partial charge in [0.15, 0.2) is 0 Å². The van der Waals surface area contributed by atoms with Crippen LogP contribution in [0.5, 0.6) is 11.5 Å². The molecule has 0 amide bonds. The summed E-state index contributed by atoms with van der Waals surface area (Å²) in [5.41, 5.74) is -0.664. The lowest BCUT2D eigenvalue weighted by Gasteiger charge is -2.28. The van der Waals surface area contributed by atoms with E-state index in [4.69, 9.17) is 9.47 Å². The predicted molar refractivity (Wildman–Crippen MR) is 83.0 cm³/mol. The molecule has 0 spiro atoms. The highest BCUT2D eigenvalue weighted by Gasteiger charge is 2.35. The van der Waals surface area contributed by atoms with Gasteiger partial charge < -0.3 is 14.6 Å². The van der Waals surface area contributed by atoms with Gasteiger partial charge in [-0.15, -0.1) is 0 Å². The predicted octanol–water partition coefficient (Wildman–Crippen LogP) is 4.14. The normalized spacial score (nSPS) is 13.5. The van der Waals surface area contributed by atoms with E-state index in [0.717, 1.165) is 24.3 Å². The molecule has 4 nitrogen and oxygen atoms in total. The van der Waals surface area contributed by atoms with Crippen molar-refractivity contribution >= 4 is 5.97 Å². The lowest BCUT2D eigenvalue weighted by Crippen LogP contribution is -2.32. The van der Waals surface area contributed by atoms with E-state index in [2.05, 4.69) is 6.92 Å². The Kier molecular flexibility index (Phi) is 7.06. The molecular weight excluding hydrogens is 268 g/mol. The second-order valence-corrected chi connectivity index (χ2v) is 5.32. The number of hydrogen-bond acceptors (Lipinski definition) is 3. The third kappa shape index (κ3) is 4.96. The van der Waals surface area contributed by atoms with E-state index in [9.17, 15) is 9.90 Å². The highest BCUT2D eigenvalue weighted by Crippen LogP contribution is 2.33. The fourth-order valence-corrected chi connectivity index (χ4v) is 2.40. The monoisotopic (exact) mass is 294 g/mol. The third-order valence-corrected chi connectivity index (χ3v) is 4.05. The van der Waals surface area contributed by atoms with Crippen LogP contribution >= 0.6 is 0 Å². The molecule has 1 aromatic carbocycles. The largest absolute Gasteiger partial charge is 0.497 e. The van der Waals surface area contributed by atoms with E-state index in [-0.39, 0.29) is 0 Å². The molecule has 1 aromatic rings. The zero-order chi connectivity index (χ0) is 15.7. The Morgan fingerprint density at radius 1 is 1.14 bits per heavy atom. The Bertz CT molecular complexity index is 427. The molecule has 1 unspecified atom stereocenters. The minimum atomic E-state index is -0.711. The van der Waals surface area contributed by atoms with E-state index in [1.54, 1.807) is 7.11 Å². The number of carboxylic acids is 1. The average Bonchev–Trinajstić information content (AvgIpc) is 2.51. The Labute approximate surface area is 127 Å². The van der Waals surface area contributed by atoms with Gasteiger partial charge in [-0.25, -0.2) is 0 Å². The highest BCUT2D eigenvalue weighted by atomic mass is 16.5. The van der Waals surface area contributed by atoms with Crippen molar-refractivity contribution in [2.24, 2.45) is 5.41 Å². The Morgan fingerprint density at radius 3 is 2.24 bits per heavy atom. The fraction of sp³-hybridized carbons (Fsp3) is 0.588. The maximum Gasteiger partial charge on any atom is 0.309 e. The lowest BCUT2D eigenvalue weighted by atomic mass is 9.77. The summed E-state index contributed by atoms with van der Waals surface area (Å²) in [6.45, 7) is 4.43. The standard InChI is InChI=1S/C17H26O4/c1-4-6-11-17(5-2,16(18)19)12-13-21-15-9-7-14(20-3)8-10-15/h7-10H,4-6,11-13H2,1-3H3,(H,18,19). The van der Waals surface area contributed by atoms with E-state index in [0.29, 0.717) is 25.9 Å². The van der Waals surface area contributed by atoms with Crippen LogP contribution in [0.2, 0.25) is 0 Å². The SMILES string of the molecule is CCCCC(CC)(CCOc1ccc(OC)cc1)C(=O)O. The van der Waals surface area contributed by atoms with E-state index in [1.165, 1.54) is 0 Å². The number of benzene rings is 1. The summed E-state index contributed by atoms with van der Waals surface area (Å²) in [6, 6.07) is 7.33. The van der Waals surface area contributed by atoms with Crippen molar-refractivity contribution in [2.45, 2.75) is 46.0 Å². The van der Waals surface area contributed by atoms with Gasteiger partial charge in [0.1, 0.15) is 11.5 Å². The average molecular weight is 294 g/mol. The van der Waals surface area contributed by atoms with Crippen molar-refractivity contribution < 1.29 is 19.4 Å². The Balaban J connectivity index is 2.57. The van der Waals surface area contributed by atoms with E-state index in [1.807, 2.05) is 31.2 Å². The van der Waals surface area contributed by atoms with Gasteiger partial charge in [0, 0.05) is 0 Å². The maximum absolute atomic E-state index is 11.6. The molecule has 0 saturated heterocycles. The molecule has 118 valence electrons. The van der Waals surface area contributed by atoms with Crippen molar-refractivity contribution in [3.8, 4) is 11.5 Å². The van der Waals surface area contributed by atoms with Crippen LogP contribution in [-0.4, -0.2) is 24.8 Å². The summed E-state index contributed by atoms with van der Waals surface area (Å²) in [5, 5.41) is 9.54. The van der Waals surface area contributed by atoms with Gasteiger partial charge in [0.25, 0.3) is 0 Å². The molecule has 21 heavy (non-hydrogen) atoms. The van der Waals surface area contributed by atoms with Gasteiger partial charge in [0.2, 0.25) is 0 Å². The summed E-state index contributed by atoms with van der Waals surface area (Å²) < 4.78 is 10.8. The van der Waals surface area contributed by atoms with Gasteiger partial charge in [-0.3, -0.25) is 4.79 Å². The number of carbonyl (C=O) groups is 1. The minimum absolute atomic E-state index is 0.413. The quantitative estimate of drug-likeness (QED) is 0.704. The summed E-state index contributed by atoms with van der Waals surface area (Å²) in [6.07, 6.45) is 3.82. The third-order valence-electron chi connectivity index (χ3n) is 4.05. The number of ether oxygens (including phenoxy) is 2. The second-order valence-electron chi connectivity index (χ2n) is 5.32. The molecule has 1 rings (SSSR count). The van der Waals surface area contributed by atoms with Crippen LogP contribution in [0.25, 0.3) is 0 Å². The smallest absolute Gasteiger partial charge is 0.309 e. The number of rotatable bonds is 10. The molecule has 0 aliphatic rings. The first-order valence-electron chi connectivity index (χ1n) is 7.58. The summed E-state index contributed by atoms with van der Waals surface area (Å²) in [7, 11) is 1.62. The molecular formula is C17H26O4. The molecule has 0 saturated carbocycles. The van der Waals surface area contributed by atoms with Gasteiger partial charge in [-0.05, 0) is 43.5 Å². The first kappa shape index (κ1) is 17.3. The molecule has 4 heteroatoms. The summed E-state index contributed by atoms with van der Waals surface area (Å²) in [4.78, 5) is 11.6. The molecule has 0 aliphatic heterocycles. The van der Waals surface area contributed by atoms with Crippen LogP contribution in [0.3, 0.4) is 0 Å². The zero-order valence-electron chi connectivity index (χ0n) is 13.2. The van der Waals surface area contributed by atoms with Crippen LogP contribution < -0.4 is 9.47 Å². The van der Waals surface area contributed by atoms with Crippen molar-refractivity contribution in [3.63, 3.8) is 0 Å². The highest BCUT2D eigenvalue weighted by molar-refractivity contribution is 5.74. The Morgan fingerprint density at radius 2 is 1.76 bits per heavy atom. The first-order valence-corrected chi connectivity index (χ1v) is 7.58. The minimum Gasteiger partial charge on any atom is -0.497 e. The molecule has 0 radical (unpaired) electrons. The van der Waals surface area contributed by atoms with Crippen molar-refractivity contribution in [1.82, 2.24) is 0 Å². The number of carboxylic acid groups (broad SMARTS) is 1. The maximum atomic E-state index is 11.6. The topological polar surface area (TPSA) is 55.8 Å². The van der Waals surface area contributed by atoms with Crippen molar-refractivity contribution in [2.75, 3.05) is 13.7 Å². The zero-order valence-corrected chi connectivity index (χ0v) is 13.2. The molecule has 0 bridgehead atoms. The molecule has 1 N–H and O–H groups in total. The van der Waals surface area contributed by atoms with E-state index < -0.39 is 11.4 Å². The fourth-order valence-electron chi connectivity index (χ4n) is 2.40. The van der Waals surface area contributed by atoms with Crippen molar-refractivity contribution in [3.05, 3.63) is 24.3 Å². The number of methoxy groups -OCH3 is 1. The lowest BCUT2D eigenvalue weighted by molar-refractivity contribution is -0.150. The first-order chi connectivity index (χ1) is 10.1. The van der Waals surface area contributed by atoms with Crippen LogP contribution in [0.1, 0.15) is 46.0 Å². The van der Waals surface area contributed by atoms with Crippen molar-refractivity contribution in [1.29, 1.82) is 0 Å². The molecule has 0 heterocycles. The number of unbranched alkanes of at least 4 members (excludes halogenated alkanes) is 1. The summed E-state index contributed by atoms with van der Waals surface area (Å²) >= 11 is 0. The number of aliphatic carboxylic acids is 1. The molecule has 0 fully saturated rings. The molecule has 0 aliphatic carbocycles. The van der Waals surface area contributed by atoms with Crippen LogP contribution in [-0.2, 0) is 4.79 Å². The molecule has 0 aromatic heterocycles. The van der Waals surface area contributed by atoms with Gasteiger partial charge in [0.05, 0.1) is 19.1 Å². The second kappa shape index (κ2) is 8.55. The summed E-state index contributed by atoms with van der Waals surface area (Å²) in [5.74, 6) is 0.803. The molecule has 1 atom stereocenters. The van der Waals surface area contributed by atoms with Crippen LogP contribution in [0, 0.1) is 5.41 Å². The van der Waals surface area contributed by atoms with E-state index >= 15 is 0 Å². The van der Waals surface area contributed by atoms with Gasteiger partial charge >= 0.3 is 5.97 Å². The van der Waals surface area contributed by atoms with Gasteiger partial charge in [-0.2, -0.15) is 0 Å².